The zero-order valence-corrected chi connectivity index (χ0v) is 11.1. The molecule has 0 heterocycles. The number of carbonyl (C=O) groups is 1. The lowest BCUT2D eigenvalue weighted by atomic mass is 9.74. The second-order valence-corrected chi connectivity index (χ2v) is 5.15. The molecular formula is C13H10F7NO. The number of rotatable bonds is 2. The van der Waals surface area contributed by atoms with Crippen molar-refractivity contribution in [3.63, 3.8) is 0 Å². The number of benzene rings is 1. The van der Waals surface area contributed by atoms with Crippen LogP contribution in [0, 0.1) is 35.1 Å². The van der Waals surface area contributed by atoms with Gasteiger partial charge in [0.2, 0.25) is 5.91 Å². The van der Waals surface area contributed by atoms with Gasteiger partial charge in [-0.05, 0) is 18.8 Å². The van der Waals surface area contributed by atoms with Crippen LogP contribution in [-0.2, 0) is 11.0 Å². The lowest BCUT2D eigenvalue weighted by molar-refractivity contribution is -0.143. The third-order valence-electron chi connectivity index (χ3n) is 3.75. The predicted molar refractivity (Wildman–Crippen MR) is 61.8 cm³/mol. The second-order valence-electron chi connectivity index (χ2n) is 5.15. The summed E-state index contributed by atoms with van der Waals surface area (Å²) in [7, 11) is 0. The summed E-state index contributed by atoms with van der Waals surface area (Å²) < 4.78 is 91.1. The van der Waals surface area contributed by atoms with Crippen molar-refractivity contribution in [3.8, 4) is 0 Å². The van der Waals surface area contributed by atoms with E-state index in [-0.39, 0.29) is 5.92 Å². The van der Waals surface area contributed by atoms with E-state index in [0.29, 0.717) is 12.8 Å². The van der Waals surface area contributed by atoms with E-state index in [0.717, 1.165) is 0 Å². The SMILES string of the molecule is CC1CCC1C(=O)Nc1c(F)c(F)c(C(F)(F)F)c(F)c1F. The molecule has 9 heteroatoms. The third kappa shape index (κ3) is 2.64. The summed E-state index contributed by atoms with van der Waals surface area (Å²) in [6, 6.07) is 0. The van der Waals surface area contributed by atoms with Crippen LogP contribution in [0.4, 0.5) is 36.4 Å². The highest BCUT2D eigenvalue weighted by atomic mass is 19.4. The molecule has 22 heavy (non-hydrogen) atoms. The molecule has 1 aromatic rings. The first-order chi connectivity index (χ1) is 10.1. The number of anilines is 1. The van der Waals surface area contributed by atoms with Crippen LogP contribution in [0.5, 0.6) is 0 Å². The van der Waals surface area contributed by atoms with E-state index in [9.17, 15) is 35.5 Å². The van der Waals surface area contributed by atoms with Crippen molar-refractivity contribution < 1.29 is 35.5 Å². The fourth-order valence-corrected chi connectivity index (χ4v) is 2.26. The summed E-state index contributed by atoms with van der Waals surface area (Å²) in [5, 5.41) is 1.63. The first-order valence-electron chi connectivity index (χ1n) is 6.29. The van der Waals surface area contributed by atoms with E-state index in [1.807, 2.05) is 0 Å². The van der Waals surface area contributed by atoms with Gasteiger partial charge in [0.1, 0.15) is 11.3 Å². The molecule has 1 aromatic carbocycles. The standard InChI is InChI=1S/C13H10F7NO/c1-4-2-3-5(4)12(22)21-11-9(16)7(14)6(13(18,19)20)8(15)10(11)17/h4-5H,2-3H2,1H3,(H,21,22). The normalized spacial score (nSPS) is 21.5. The van der Waals surface area contributed by atoms with Crippen LogP contribution < -0.4 is 5.32 Å². The number of hydrogen-bond donors (Lipinski definition) is 1. The number of alkyl halides is 3. The predicted octanol–water partition coefficient (Wildman–Crippen LogP) is 4.25. The van der Waals surface area contributed by atoms with Gasteiger partial charge in [-0.1, -0.05) is 6.92 Å². The molecule has 1 fully saturated rings. The zero-order valence-electron chi connectivity index (χ0n) is 11.1. The van der Waals surface area contributed by atoms with Gasteiger partial charge in [0.05, 0.1) is 0 Å². The minimum Gasteiger partial charge on any atom is -0.321 e. The quantitative estimate of drug-likeness (QED) is 0.638. The molecule has 1 N–H and O–H groups in total. The minimum absolute atomic E-state index is 0.0877. The molecule has 0 aromatic heterocycles. The molecule has 1 aliphatic carbocycles. The number of amides is 1. The summed E-state index contributed by atoms with van der Waals surface area (Å²) in [4.78, 5) is 11.7. The van der Waals surface area contributed by atoms with Crippen molar-refractivity contribution in [3.05, 3.63) is 28.8 Å². The maximum absolute atomic E-state index is 13.6. The van der Waals surface area contributed by atoms with E-state index in [2.05, 4.69) is 0 Å². The smallest absolute Gasteiger partial charge is 0.321 e. The fourth-order valence-electron chi connectivity index (χ4n) is 2.26. The number of carbonyl (C=O) groups excluding carboxylic acids is 1. The summed E-state index contributed by atoms with van der Waals surface area (Å²) >= 11 is 0. The average Bonchev–Trinajstić information content (AvgIpc) is 2.38. The van der Waals surface area contributed by atoms with Gasteiger partial charge in [0, 0.05) is 5.92 Å². The van der Waals surface area contributed by atoms with E-state index >= 15 is 0 Å². The number of nitrogens with one attached hydrogen (secondary N) is 1. The molecule has 2 unspecified atom stereocenters. The van der Waals surface area contributed by atoms with Gasteiger partial charge in [0.15, 0.2) is 23.3 Å². The molecule has 1 amide bonds. The Bertz CT molecular complexity index is 597. The lowest BCUT2D eigenvalue weighted by Crippen LogP contribution is -2.35. The van der Waals surface area contributed by atoms with Crippen LogP contribution >= 0.6 is 0 Å². The van der Waals surface area contributed by atoms with Crippen LogP contribution in [0.1, 0.15) is 25.3 Å². The number of halogens is 7. The highest BCUT2D eigenvalue weighted by Crippen LogP contribution is 2.39. The molecule has 2 nitrogen and oxygen atoms in total. The maximum Gasteiger partial charge on any atom is 0.422 e. The molecule has 0 saturated heterocycles. The van der Waals surface area contributed by atoms with Gasteiger partial charge >= 0.3 is 6.18 Å². The molecule has 122 valence electrons. The lowest BCUT2D eigenvalue weighted by Gasteiger charge is -2.32. The Kier molecular flexibility index (Phi) is 4.09. The van der Waals surface area contributed by atoms with E-state index in [1.165, 1.54) is 0 Å². The molecule has 0 aliphatic heterocycles. The largest absolute Gasteiger partial charge is 0.422 e. The summed E-state index contributed by atoms with van der Waals surface area (Å²) in [6.07, 6.45) is -4.50. The monoisotopic (exact) mass is 329 g/mol. The van der Waals surface area contributed by atoms with Gasteiger partial charge in [-0.15, -0.1) is 0 Å². The van der Waals surface area contributed by atoms with Gasteiger partial charge in [-0.2, -0.15) is 13.2 Å². The maximum atomic E-state index is 13.6. The molecule has 1 saturated carbocycles. The Balaban J connectivity index is 2.43. The van der Waals surface area contributed by atoms with E-state index < -0.39 is 52.5 Å². The van der Waals surface area contributed by atoms with Crippen LogP contribution in [0.3, 0.4) is 0 Å². The Hall–Kier alpha value is -1.80. The summed E-state index contributed by atoms with van der Waals surface area (Å²) in [6.45, 7) is 1.69. The fraction of sp³-hybridized carbons (Fsp3) is 0.462. The molecule has 0 spiro atoms. The van der Waals surface area contributed by atoms with Crippen molar-refractivity contribution in [2.24, 2.45) is 11.8 Å². The Morgan fingerprint density at radius 1 is 1.00 bits per heavy atom. The molecule has 2 atom stereocenters. The molecule has 0 radical (unpaired) electrons. The minimum atomic E-state index is -5.61. The number of hydrogen-bond acceptors (Lipinski definition) is 1. The third-order valence-corrected chi connectivity index (χ3v) is 3.75. The average molecular weight is 329 g/mol. The van der Waals surface area contributed by atoms with E-state index in [4.69, 9.17) is 0 Å². The van der Waals surface area contributed by atoms with Crippen LogP contribution in [-0.4, -0.2) is 5.91 Å². The molecule has 0 bridgehead atoms. The first kappa shape index (κ1) is 16.6. The Morgan fingerprint density at radius 3 is 1.82 bits per heavy atom. The van der Waals surface area contributed by atoms with Crippen molar-refractivity contribution in [2.75, 3.05) is 5.32 Å². The van der Waals surface area contributed by atoms with E-state index in [1.54, 1.807) is 12.2 Å². The van der Waals surface area contributed by atoms with Gasteiger partial charge in [0.25, 0.3) is 0 Å². The van der Waals surface area contributed by atoms with Gasteiger partial charge in [-0.25, -0.2) is 17.6 Å². The van der Waals surface area contributed by atoms with Crippen LogP contribution in [0.25, 0.3) is 0 Å². The highest BCUT2D eigenvalue weighted by Gasteiger charge is 2.43. The van der Waals surface area contributed by atoms with Crippen molar-refractivity contribution in [1.29, 1.82) is 0 Å². The molecular weight excluding hydrogens is 319 g/mol. The Morgan fingerprint density at radius 2 is 1.50 bits per heavy atom. The molecule has 1 aliphatic rings. The van der Waals surface area contributed by atoms with Crippen molar-refractivity contribution >= 4 is 11.6 Å². The van der Waals surface area contributed by atoms with Gasteiger partial charge < -0.3 is 5.32 Å². The van der Waals surface area contributed by atoms with Crippen LogP contribution in [0.2, 0.25) is 0 Å². The van der Waals surface area contributed by atoms with Gasteiger partial charge in [-0.3, -0.25) is 4.79 Å². The second kappa shape index (κ2) is 5.44. The van der Waals surface area contributed by atoms with Crippen LogP contribution in [0.15, 0.2) is 0 Å². The zero-order chi connectivity index (χ0) is 16.8. The highest BCUT2D eigenvalue weighted by molar-refractivity contribution is 5.93. The first-order valence-corrected chi connectivity index (χ1v) is 6.29. The Labute approximate surface area is 120 Å². The molecule has 2 rings (SSSR count). The van der Waals surface area contributed by atoms with Crippen molar-refractivity contribution in [2.45, 2.75) is 25.9 Å². The van der Waals surface area contributed by atoms with Crippen molar-refractivity contribution in [1.82, 2.24) is 0 Å². The summed E-state index contributed by atoms with van der Waals surface area (Å²) in [5.41, 5.74) is -4.22. The summed E-state index contributed by atoms with van der Waals surface area (Å²) in [5.74, 6) is -11.3. The topological polar surface area (TPSA) is 29.1 Å².